The molecule has 2 atom stereocenters. The molecular formula is C19H40N2O2Si. The summed E-state index contributed by atoms with van der Waals surface area (Å²) in [4.78, 5) is 0. The molecule has 0 aliphatic carbocycles. The number of methoxy groups -OCH3 is 1. The highest BCUT2D eigenvalue weighted by Crippen LogP contribution is 2.39. The summed E-state index contributed by atoms with van der Waals surface area (Å²) in [5.41, 5.74) is 1.12. The highest BCUT2D eigenvalue weighted by Gasteiger charge is 2.42. The lowest BCUT2D eigenvalue weighted by molar-refractivity contribution is -0.0179. The van der Waals surface area contributed by atoms with E-state index in [0.717, 1.165) is 26.0 Å². The SMILES string of the molecule is CC/C(CC(C)(O[Si](C)(C)C)C(C)(C)C)=N\N1CCC[C@H]1COC. The van der Waals surface area contributed by atoms with E-state index in [-0.39, 0.29) is 11.0 Å². The molecule has 0 aromatic heterocycles. The maximum absolute atomic E-state index is 6.68. The number of nitrogens with zero attached hydrogens (tertiary/aromatic N) is 2. The molecule has 0 saturated carbocycles. The molecule has 0 N–H and O–H groups in total. The topological polar surface area (TPSA) is 34.1 Å². The van der Waals surface area contributed by atoms with Crippen LogP contribution in [0.5, 0.6) is 0 Å². The van der Waals surface area contributed by atoms with Gasteiger partial charge in [0, 0.05) is 25.8 Å². The average molecular weight is 357 g/mol. The molecule has 142 valence electrons. The zero-order valence-corrected chi connectivity index (χ0v) is 18.5. The van der Waals surface area contributed by atoms with Gasteiger partial charge < -0.3 is 9.16 Å². The van der Waals surface area contributed by atoms with Crippen LogP contribution >= 0.6 is 0 Å². The second-order valence-corrected chi connectivity index (χ2v) is 13.7. The highest BCUT2D eigenvalue weighted by molar-refractivity contribution is 6.69. The number of hydrogen-bond donors (Lipinski definition) is 0. The lowest BCUT2D eigenvalue weighted by Crippen LogP contribution is -2.50. The molecule has 0 bridgehead atoms. The van der Waals surface area contributed by atoms with Crippen molar-refractivity contribution in [1.82, 2.24) is 5.01 Å². The maximum atomic E-state index is 6.68. The van der Waals surface area contributed by atoms with E-state index >= 15 is 0 Å². The van der Waals surface area contributed by atoms with Gasteiger partial charge in [-0.3, -0.25) is 5.01 Å². The molecule has 1 rings (SSSR count). The van der Waals surface area contributed by atoms with Gasteiger partial charge in [-0.2, -0.15) is 5.10 Å². The van der Waals surface area contributed by atoms with Gasteiger partial charge in [-0.25, -0.2) is 0 Å². The van der Waals surface area contributed by atoms with Crippen molar-refractivity contribution in [2.75, 3.05) is 20.3 Å². The van der Waals surface area contributed by atoms with Crippen molar-refractivity contribution in [2.24, 2.45) is 10.5 Å². The van der Waals surface area contributed by atoms with E-state index in [9.17, 15) is 0 Å². The molecule has 0 radical (unpaired) electrons. The van der Waals surface area contributed by atoms with Gasteiger partial charge in [-0.05, 0) is 51.2 Å². The fourth-order valence-corrected chi connectivity index (χ4v) is 4.98. The molecule has 0 amide bonds. The van der Waals surface area contributed by atoms with Crippen molar-refractivity contribution < 1.29 is 9.16 Å². The Kier molecular flexibility index (Phi) is 7.51. The third-order valence-electron chi connectivity index (χ3n) is 5.04. The largest absolute Gasteiger partial charge is 0.412 e. The zero-order chi connectivity index (χ0) is 18.6. The molecule has 0 aromatic carbocycles. The van der Waals surface area contributed by atoms with Crippen LogP contribution in [-0.2, 0) is 9.16 Å². The smallest absolute Gasteiger partial charge is 0.184 e. The van der Waals surface area contributed by atoms with E-state index in [2.05, 4.69) is 59.3 Å². The summed E-state index contributed by atoms with van der Waals surface area (Å²) in [7, 11) is 0.136. The van der Waals surface area contributed by atoms with Crippen LogP contribution in [0, 0.1) is 5.41 Å². The maximum Gasteiger partial charge on any atom is 0.184 e. The lowest BCUT2D eigenvalue weighted by Gasteiger charge is -2.46. The van der Waals surface area contributed by atoms with Crippen molar-refractivity contribution in [1.29, 1.82) is 0 Å². The Morgan fingerprint density at radius 3 is 2.29 bits per heavy atom. The summed E-state index contributed by atoms with van der Waals surface area (Å²) in [6.45, 7) is 19.9. The van der Waals surface area contributed by atoms with Crippen LogP contribution in [0.1, 0.15) is 60.3 Å². The first-order valence-electron chi connectivity index (χ1n) is 9.44. The van der Waals surface area contributed by atoms with Crippen molar-refractivity contribution in [3.8, 4) is 0 Å². The fourth-order valence-electron chi connectivity index (χ4n) is 3.25. The van der Waals surface area contributed by atoms with E-state index in [1.165, 1.54) is 18.6 Å². The Hall–Kier alpha value is -0.393. The van der Waals surface area contributed by atoms with Gasteiger partial charge in [0.25, 0.3) is 0 Å². The van der Waals surface area contributed by atoms with Gasteiger partial charge in [-0.15, -0.1) is 0 Å². The third-order valence-corrected chi connectivity index (χ3v) is 6.11. The van der Waals surface area contributed by atoms with Crippen LogP contribution in [0.4, 0.5) is 0 Å². The molecule has 24 heavy (non-hydrogen) atoms. The normalized spacial score (nSPS) is 22.8. The van der Waals surface area contributed by atoms with Gasteiger partial charge >= 0.3 is 0 Å². The van der Waals surface area contributed by atoms with E-state index in [4.69, 9.17) is 14.3 Å². The molecule has 1 aliphatic heterocycles. The summed E-state index contributed by atoms with van der Waals surface area (Å²) >= 11 is 0. The minimum atomic E-state index is -1.64. The van der Waals surface area contributed by atoms with Gasteiger partial charge in [0.2, 0.25) is 0 Å². The summed E-state index contributed by atoms with van der Waals surface area (Å²) < 4.78 is 12.0. The lowest BCUT2D eigenvalue weighted by atomic mass is 9.74. The van der Waals surface area contributed by atoms with Crippen LogP contribution < -0.4 is 0 Å². The Morgan fingerprint density at radius 1 is 1.21 bits per heavy atom. The Morgan fingerprint density at radius 2 is 1.83 bits per heavy atom. The third kappa shape index (κ3) is 6.16. The van der Waals surface area contributed by atoms with Crippen molar-refractivity contribution in [3.05, 3.63) is 0 Å². The minimum absolute atomic E-state index is 0.0696. The standard InChI is InChI=1S/C19H40N2O2Si/c1-10-16(20-21-13-11-12-17(21)15-22-6)14-19(5,18(2,3)4)23-24(7,8)9/h17H,10-15H2,1-9H3/b20-16+/t17-,19?/m0/s1. The first kappa shape index (κ1) is 21.6. The molecule has 1 unspecified atom stereocenters. The Balaban J connectivity index is 2.99. The Labute approximate surface area is 151 Å². The van der Waals surface area contributed by atoms with E-state index in [1.807, 2.05) is 0 Å². The molecule has 1 heterocycles. The van der Waals surface area contributed by atoms with Crippen LogP contribution in [0.2, 0.25) is 19.6 Å². The number of ether oxygens (including phenoxy) is 1. The van der Waals surface area contributed by atoms with Crippen LogP contribution in [-0.4, -0.2) is 50.9 Å². The van der Waals surface area contributed by atoms with Gasteiger partial charge in [0.1, 0.15) is 0 Å². The van der Waals surface area contributed by atoms with Crippen molar-refractivity contribution in [3.63, 3.8) is 0 Å². The van der Waals surface area contributed by atoms with Crippen molar-refractivity contribution >= 4 is 14.0 Å². The number of rotatable bonds is 8. The average Bonchev–Trinajstić information content (AvgIpc) is 2.82. The number of hydrogen-bond acceptors (Lipinski definition) is 4. The predicted octanol–water partition coefficient (Wildman–Crippen LogP) is 4.91. The molecule has 1 saturated heterocycles. The van der Waals surface area contributed by atoms with E-state index in [0.29, 0.717) is 6.04 Å². The molecule has 5 heteroatoms. The van der Waals surface area contributed by atoms with Crippen LogP contribution in [0.25, 0.3) is 0 Å². The second kappa shape index (κ2) is 8.32. The molecular weight excluding hydrogens is 316 g/mol. The van der Waals surface area contributed by atoms with E-state index in [1.54, 1.807) is 7.11 Å². The fraction of sp³-hybridized carbons (Fsp3) is 0.947. The monoisotopic (exact) mass is 356 g/mol. The predicted molar refractivity (Wildman–Crippen MR) is 106 cm³/mol. The highest BCUT2D eigenvalue weighted by atomic mass is 28.4. The zero-order valence-electron chi connectivity index (χ0n) is 17.5. The van der Waals surface area contributed by atoms with Gasteiger partial charge in [-0.1, -0.05) is 27.7 Å². The molecule has 1 aliphatic rings. The quantitative estimate of drug-likeness (QED) is 0.458. The summed E-state index contributed by atoms with van der Waals surface area (Å²) in [6, 6.07) is 0.426. The van der Waals surface area contributed by atoms with E-state index < -0.39 is 8.32 Å². The van der Waals surface area contributed by atoms with Crippen molar-refractivity contribution in [2.45, 2.75) is 91.6 Å². The van der Waals surface area contributed by atoms with Gasteiger partial charge in [0.15, 0.2) is 8.32 Å². The van der Waals surface area contributed by atoms with Gasteiger partial charge in [0.05, 0.1) is 18.2 Å². The first-order chi connectivity index (χ1) is 10.9. The summed E-state index contributed by atoms with van der Waals surface area (Å²) in [5.74, 6) is 0. The molecule has 0 aromatic rings. The number of hydrazone groups is 1. The Bertz CT molecular complexity index is 426. The van der Waals surface area contributed by atoms with Crippen LogP contribution in [0.3, 0.4) is 0 Å². The first-order valence-corrected chi connectivity index (χ1v) is 12.8. The van der Waals surface area contributed by atoms with Crippen LogP contribution in [0.15, 0.2) is 5.10 Å². The second-order valence-electron chi connectivity index (χ2n) is 9.31. The molecule has 1 fully saturated rings. The summed E-state index contributed by atoms with van der Waals surface area (Å²) in [5, 5.41) is 7.28. The summed E-state index contributed by atoms with van der Waals surface area (Å²) in [6.07, 6.45) is 4.25. The minimum Gasteiger partial charge on any atom is -0.412 e. The molecule has 4 nitrogen and oxygen atoms in total. The molecule has 0 spiro atoms.